The van der Waals surface area contributed by atoms with E-state index in [9.17, 15) is 14.4 Å². The van der Waals surface area contributed by atoms with Crippen molar-refractivity contribution in [3.05, 3.63) is 69.7 Å². The van der Waals surface area contributed by atoms with Gasteiger partial charge in [0.15, 0.2) is 0 Å². The summed E-state index contributed by atoms with van der Waals surface area (Å²) in [5.41, 5.74) is 1.96. The number of imide groups is 1. The van der Waals surface area contributed by atoms with Gasteiger partial charge in [0.05, 0.1) is 5.41 Å². The number of nitrogens with zero attached hydrogens (tertiary/aromatic N) is 3. The maximum absolute atomic E-state index is 13.6. The fraction of sp³-hybridized carbons (Fsp3) is 0.483. The van der Waals surface area contributed by atoms with E-state index in [-0.39, 0.29) is 23.6 Å². The Morgan fingerprint density at radius 1 is 1.00 bits per heavy atom. The summed E-state index contributed by atoms with van der Waals surface area (Å²) >= 11 is 3.50. The number of amides is 3. The van der Waals surface area contributed by atoms with E-state index >= 15 is 0 Å². The van der Waals surface area contributed by atoms with E-state index < -0.39 is 5.41 Å². The number of nitrogens with one attached hydrogen (secondary N) is 1. The molecule has 196 valence electrons. The fourth-order valence-corrected chi connectivity index (χ4v) is 6.44. The Labute approximate surface area is 227 Å². The molecule has 3 saturated heterocycles. The van der Waals surface area contributed by atoms with E-state index in [1.807, 2.05) is 29.2 Å². The number of halogens is 1. The summed E-state index contributed by atoms with van der Waals surface area (Å²) in [6, 6.07) is 16.1. The standard InChI is InChI=1S/C29H35BrN4O3/c1-32-15-17-34(18-16-32)27(36)22-3-2-4-24(19-22)29(12-9-26(35)31-28(29)37)23-10-13-33(14-11-23)20-21-5-7-25(30)8-6-21/h2-8,19,23H,9-18,20H2,1H3,(H,31,35,37). The molecule has 0 aromatic heterocycles. The van der Waals surface area contributed by atoms with Gasteiger partial charge in [-0.15, -0.1) is 0 Å². The third-order valence-electron chi connectivity index (χ3n) is 8.42. The van der Waals surface area contributed by atoms with E-state index in [2.05, 4.69) is 62.4 Å². The van der Waals surface area contributed by atoms with Crippen molar-refractivity contribution in [1.29, 1.82) is 0 Å². The first-order valence-corrected chi connectivity index (χ1v) is 14.0. The second-order valence-electron chi connectivity index (χ2n) is 10.7. The van der Waals surface area contributed by atoms with Crippen molar-refractivity contribution in [3.63, 3.8) is 0 Å². The van der Waals surface area contributed by atoms with Crippen molar-refractivity contribution in [3.8, 4) is 0 Å². The molecule has 1 N–H and O–H groups in total. The molecule has 1 unspecified atom stereocenters. The monoisotopic (exact) mass is 566 g/mol. The van der Waals surface area contributed by atoms with Crippen LogP contribution in [0.1, 0.15) is 47.2 Å². The molecule has 0 aliphatic carbocycles. The molecule has 2 aromatic carbocycles. The number of piperazine rings is 1. The Morgan fingerprint density at radius 3 is 2.38 bits per heavy atom. The minimum Gasteiger partial charge on any atom is -0.336 e. The molecule has 3 aliphatic rings. The molecule has 3 aliphatic heterocycles. The van der Waals surface area contributed by atoms with Gasteiger partial charge in [-0.2, -0.15) is 0 Å². The fourth-order valence-electron chi connectivity index (χ4n) is 6.18. The van der Waals surface area contributed by atoms with Crippen LogP contribution in [0.5, 0.6) is 0 Å². The lowest BCUT2D eigenvalue weighted by Crippen LogP contribution is -2.57. The van der Waals surface area contributed by atoms with E-state index in [1.54, 1.807) is 0 Å². The van der Waals surface area contributed by atoms with Crippen LogP contribution < -0.4 is 5.32 Å². The van der Waals surface area contributed by atoms with Gasteiger partial charge in [-0.05, 0) is 80.7 Å². The first-order chi connectivity index (χ1) is 17.8. The zero-order valence-electron chi connectivity index (χ0n) is 21.4. The minimum atomic E-state index is -0.796. The minimum absolute atomic E-state index is 0.0155. The molecule has 3 fully saturated rings. The highest BCUT2D eigenvalue weighted by molar-refractivity contribution is 9.10. The van der Waals surface area contributed by atoms with Crippen LogP contribution in [0, 0.1) is 5.92 Å². The molecule has 5 rings (SSSR count). The summed E-state index contributed by atoms with van der Waals surface area (Å²) < 4.78 is 1.07. The predicted octanol–water partition coefficient (Wildman–Crippen LogP) is 3.42. The van der Waals surface area contributed by atoms with Gasteiger partial charge in [0.25, 0.3) is 5.91 Å². The molecule has 8 heteroatoms. The summed E-state index contributed by atoms with van der Waals surface area (Å²) in [5, 5.41) is 2.64. The average molecular weight is 568 g/mol. The third-order valence-corrected chi connectivity index (χ3v) is 8.95. The van der Waals surface area contributed by atoms with E-state index in [0.29, 0.717) is 31.5 Å². The zero-order valence-corrected chi connectivity index (χ0v) is 23.0. The molecule has 37 heavy (non-hydrogen) atoms. The smallest absolute Gasteiger partial charge is 0.253 e. The van der Waals surface area contributed by atoms with Crippen LogP contribution in [-0.4, -0.2) is 78.7 Å². The first-order valence-electron chi connectivity index (χ1n) is 13.2. The highest BCUT2D eigenvalue weighted by atomic mass is 79.9. The number of hydrogen-bond acceptors (Lipinski definition) is 5. The van der Waals surface area contributed by atoms with Gasteiger partial charge in [-0.1, -0.05) is 40.2 Å². The summed E-state index contributed by atoms with van der Waals surface area (Å²) in [6.07, 6.45) is 2.55. The number of benzene rings is 2. The average Bonchev–Trinajstić information content (AvgIpc) is 2.91. The van der Waals surface area contributed by atoms with Gasteiger partial charge in [0.2, 0.25) is 11.8 Å². The Hall–Kier alpha value is -2.55. The summed E-state index contributed by atoms with van der Waals surface area (Å²) in [7, 11) is 2.07. The molecule has 0 spiro atoms. The van der Waals surface area contributed by atoms with E-state index in [4.69, 9.17) is 0 Å². The summed E-state index contributed by atoms with van der Waals surface area (Å²) in [4.78, 5) is 45.7. The number of carbonyl (C=O) groups is 3. The first kappa shape index (κ1) is 26.1. The van der Waals surface area contributed by atoms with Gasteiger partial charge in [0.1, 0.15) is 0 Å². The summed E-state index contributed by atoms with van der Waals surface area (Å²) in [6.45, 7) is 5.80. The van der Waals surface area contributed by atoms with Crippen LogP contribution in [0.3, 0.4) is 0 Å². The van der Waals surface area contributed by atoms with Gasteiger partial charge in [-0.3, -0.25) is 24.6 Å². The molecular formula is C29H35BrN4O3. The third kappa shape index (κ3) is 5.52. The Kier molecular flexibility index (Phi) is 7.79. The maximum atomic E-state index is 13.6. The van der Waals surface area contributed by atoms with Crippen molar-refractivity contribution in [2.75, 3.05) is 46.3 Å². The maximum Gasteiger partial charge on any atom is 0.253 e. The number of rotatable bonds is 5. The molecule has 7 nitrogen and oxygen atoms in total. The van der Waals surface area contributed by atoms with Crippen molar-refractivity contribution < 1.29 is 14.4 Å². The predicted molar refractivity (Wildman–Crippen MR) is 146 cm³/mol. The van der Waals surface area contributed by atoms with Crippen LogP contribution >= 0.6 is 15.9 Å². The molecule has 0 bridgehead atoms. The lowest BCUT2D eigenvalue weighted by Gasteiger charge is -2.46. The number of piperidine rings is 2. The SMILES string of the molecule is CN1CCN(C(=O)c2cccc(C3(C4CCN(Cc5ccc(Br)cc5)CC4)CCC(=O)NC3=O)c2)CC1. The lowest BCUT2D eigenvalue weighted by molar-refractivity contribution is -0.140. The lowest BCUT2D eigenvalue weighted by atomic mass is 9.62. The van der Waals surface area contributed by atoms with Crippen molar-refractivity contribution in [2.45, 2.75) is 37.6 Å². The number of likely N-dealkylation sites (N-methyl/N-ethyl adjacent to an activating group) is 1. The van der Waals surface area contributed by atoms with Gasteiger partial charge >= 0.3 is 0 Å². The molecule has 3 amide bonds. The van der Waals surface area contributed by atoms with Crippen LogP contribution in [0.4, 0.5) is 0 Å². The van der Waals surface area contributed by atoms with Crippen molar-refractivity contribution >= 4 is 33.7 Å². The molecule has 3 heterocycles. The molecule has 0 saturated carbocycles. The Bertz CT molecular complexity index is 1150. The Balaban J connectivity index is 1.36. The normalized spacial score (nSPS) is 24.2. The van der Waals surface area contributed by atoms with Crippen LogP contribution in [0.2, 0.25) is 0 Å². The van der Waals surface area contributed by atoms with Crippen molar-refractivity contribution in [2.24, 2.45) is 5.92 Å². The number of hydrogen-bond donors (Lipinski definition) is 1. The molecule has 2 aromatic rings. The van der Waals surface area contributed by atoms with Gasteiger partial charge in [-0.25, -0.2) is 0 Å². The molecule has 1 atom stereocenters. The Morgan fingerprint density at radius 2 is 1.70 bits per heavy atom. The largest absolute Gasteiger partial charge is 0.336 e. The highest BCUT2D eigenvalue weighted by Gasteiger charge is 2.50. The van der Waals surface area contributed by atoms with Gasteiger partial charge < -0.3 is 9.80 Å². The van der Waals surface area contributed by atoms with Gasteiger partial charge in [0, 0.05) is 49.2 Å². The zero-order chi connectivity index (χ0) is 26.0. The molecule has 0 radical (unpaired) electrons. The topological polar surface area (TPSA) is 73.0 Å². The molecular weight excluding hydrogens is 532 g/mol. The number of carbonyl (C=O) groups excluding carboxylic acids is 3. The van der Waals surface area contributed by atoms with Crippen LogP contribution in [0.15, 0.2) is 53.0 Å². The second kappa shape index (κ2) is 11.1. The van der Waals surface area contributed by atoms with Crippen LogP contribution in [-0.2, 0) is 21.5 Å². The highest BCUT2D eigenvalue weighted by Crippen LogP contribution is 2.44. The van der Waals surface area contributed by atoms with Crippen molar-refractivity contribution in [1.82, 2.24) is 20.0 Å². The van der Waals surface area contributed by atoms with E-state index in [1.165, 1.54) is 5.56 Å². The van der Waals surface area contributed by atoms with E-state index in [0.717, 1.165) is 55.6 Å². The van der Waals surface area contributed by atoms with Crippen LogP contribution in [0.25, 0.3) is 0 Å². The number of likely N-dealkylation sites (tertiary alicyclic amines) is 1. The second-order valence-corrected chi connectivity index (χ2v) is 11.6. The summed E-state index contributed by atoms with van der Waals surface area (Å²) in [5.74, 6) is -0.297. The quantitative estimate of drug-likeness (QED) is 0.561.